The highest BCUT2D eigenvalue weighted by molar-refractivity contribution is 9.10. The zero-order valence-electron chi connectivity index (χ0n) is 7.50. The monoisotopic (exact) mass is 246 g/mol. The van der Waals surface area contributed by atoms with Crippen LogP contribution in [0, 0.1) is 0 Å². The Kier molecular flexibility index (Phi) is 3.42. The van der Waals surface area contributed by atoms with Gasteiger partial charge in [-0.3, -0.25) is 0 Å². The summed E-state index contributed by atoms with van der Waals surface area (Å²) < 4.78 is 11.0. The summed E-state index contributed by atoms with van der Waals surface area (Å²) in [5.41, 5.74) is 0. The standard InChI is InChI=1S/C9H11BrO3/c1-3-13-8-5-6(10)4-7(11)9(8)12-2/h4-5,11H,3H2,1-2H3. The van der Waals surface area contributed by atoms with E-state index in [1.54, 1.807) is 12.1 Å². The Morgan fingerprint density at radius 2 is 2.15 bits per heavy atom. The first kappa shape index (κ1) is 10.2. The van der Waals surface area contributed by atoms with Crippen LogP contribution in [0.1, 0.15) is 6.92 Å². The number of ether oxygens (including phenoxy) is 2. The van der Waals surface area contributed by atoms with E-state index in [1.807, 2.05) is 6.92 Å². The number of hydrogen-bond acceptors (Lipinski definition) is 3. The van der Waals surface area contributed by atoms with Gasteiger partial charge in [0.05, 0.1) is 13.7 Å². The number of phenolic OH excluding ortho intramolecular Hbond substituents is 1. The minimum absolute atomic E-state index is 0.0697. The van der Waals surface area contributed by atoms with Gasteiger partial charge in [0, 0.05) is 4.47 Å². The largest absolute Gasteiger partial charge is 0.504 e. The zero-order valence-corrected chi connectivity index (χ0v) is 9.09. The SMILES string of the molecule is CCOc1cc(Br)cc(O)c1OC. The van der Waals surface area contributed by atoms with Gasteiger partial charge in [0.25, 0.3) is 0 Å². The number of rotatable bonds is 3. The highest BCUT2D eigenvalue weighted by Gasteiger charge is 2.10. The molecule has 0 amide bonds. The molecular formula is C9H11BrO3. The van der Waals surface area contributed by atoms with Crippen LogP contribution in [0.15, 0.2) is 16.6 Å². The third kappa shape index (κ3) is 2.28. The van der Waals surface area contributed by atoms with Crippen LogP contribution in [0.25, 0.3) is 0 Å². The predicted molar refractivity (Wildman–Crippen MR) is 53.5 cm³/mol. The highest BCUT2D eigenvalue weighted by Crippen LogP contribution is 2.39. The molecular weight excluding hydrogens is 236 g/mol. The average molecular weight is 247 g/mol. The fourth-order valence-corrected chi connectivity index (χ4v) is 1.45. The summed E-state index contributed by atoms with van der Waals surface area (Å²) in [7, 11) is 1.49. The maximum atomic E-state index is 9.46. The molecule has 0 aromatic heterocycles. The fraction of sp³-hybridized carbons (Fsp3) is 0.333. The molecule has 4 heteroatoms. The minimum atomic E-state index is 0.0697. The molecule has 1 aromatic carbocycles. The Morgan fingerprint density at radius 1 is 1.46 bits per heavy atom. The van der Waals surface area contributed by atoms with Crippen LogP contribution in [0.2, 0.25) is 0 Å². The van der Waals surface area contributed by atoms with Crippen molar-refractivity contribution in [1.82, 2.24) is 0 Å². The third-order valence-electron chi connectivity index (χ3n) is 1.50. The van der Waals surface area contributed by atoms with Gasteiger partial charge in [-0.25, -0.2) is 0 Å². The summed E-state index contributed by atoms with van der Waals surface area (Å²) >= 11 is 3.25. The molecule has 0 spiro atoms. The molecule has 0 aliphatic carbocycles. The lowest BCUT2D eigenvalue weighted by Crippen LogP contribution is -1.95. The Labute approximate surface area is 85.4 Å². The molecule has 0 unspecified atom stereocenters. The smallest absolute Gasteiger partial charge is 0.203 e. The molecule has 1 N–H and O–H groups in total. The molecule has 0 aliphatic rings. The topological polar surface area (TPSA) is 38.7 Å². The summed E-state index contributed by atoms with van der Waals surface area (Å²) in [5.74, 6) is 0.974. The van der Waals surface area contributed by atoms with Gasteiger partial charge in [-0.05, 0) is 19.1 Å². The Balaban J connectivity index is 3.13. The van der Waals surface area contributed by atoms with E-state index in [9.17, 15) is 5.11 Å². The van der Waals surface area contributed by atoms with Crippen LogP contribution in [-0.4, -0.2) is 18.8 Å². The van der Waals surface area contributed by atoms with Gasteiger partial charge in [0.1, 0.15) is 0 Å². The molecule has 0 bridgehead atoms. The van der Waals surface area contributed by atoms with E-state index < -0.39 is 0 Å². The summed E-state index contributed by atoms with van der Waals surface area (Å²) in [5, 5.41) is 9.46. The fourth-order valence-electron chi connectivity index (χ4n) is 1.02. The third-order valence-corrected chi connectivity index (χ3v) is 1.96. The van der Waals surface area contributed by atoms with Crippen molar-refractivity contribution in [2.75, 3.05) is 13.7 Å². The van der Waals surface area contributed by atoms with Crippen LogP contribution in [0.4, 0.5) is 0 Å². The van der Waals surface area contributed by atoms with Gasteiger partial charge in [0.2, 0.25) is 5.75 Å². The molecule has 0 saturated heterocycles. The van der Waals surface area contributed by atoms with Crippen LogP contribution in [-0.2, 0) is 0 Å². The Morgan fingerprint density at radius 3 is 2.69 bits per heavy atom. The molecule has 1 aromatic rings. The normalized spacial score (nSPS) is 9.77. The Hall–Kier alpha value is -0.900. The summed E-state index contributed by atoms with van der Waals surface area (Å²) in [6.45, 7) is 2.41. The lowest BCUT2D eigenvalue weighted by molar-refractivity contribution is 0.300. The molecule has 0 fully saturated rings. The second-order valence-corrected chi connectivity index (χ2v) is 3.30. The van der Waals surface area contributed by atoms with Crippen LogP contribution in [0.3, 0.4) is 0 Å². The van der Waals surface area contributed by atoms with E-state index >= 15 is 0 Å². The average Bonchev–Trinajstić information content (AvgIpc) is 2.04. The van der Waals surface area contributed by atoms with Crippen molar-refractivity contribution in [3.05, 3.63) is 16.6 Å². The number of aromatic hydroxyl groups is 1. The number of methoxy groups -OCH3 is 1. The van der Waals surface area contributed by atoms with E-state index in [0.29, 0.717) is 18.1 Å². The molecule has 0 heterocycles. The molecule has 1 rings (SSSR count). The zero-order chi connectivity index (χ0) is 9.84. The van der Waals surface area contributed by atoms with Crippen LogP contribution >= 0.6 is 15.9 Å². The van der Waals surface area contributed by atoms with E-state index in [0.717, 1.165) is 4.47 Å². The predicted octanol–water partition coefficient (Wildman–Crippen LogP) is 2.56. The van der Waals surface area contributed by atoms with E-state index in [1.165, 1.54) is 7.11 Å². The van der Waals surface area contributed by atoms with Crippen molar-refractivity contribution in [2.45, 2.75) is 6.92 Å². The van der Waals surface area contributed by atoms with Crippen molar-refractivity contribution < 1.29 is 14.6 Å². The van der Waals surface area contributed by atoms with Gasteiger partial charge < -0.3 is 14.6 Å². The van der Waals surface area contributed by atoms with Crippen molar-refractivity contribution in [1.29, 1.82) is 0 Å². The molecule has 72 valence electrons. The van der Waals surface area contributed by atoms with Crippen molar-refractivity contribution >= 4 is 15.9 Å². The van der Waals surface area contributed by atoms with Crippen molar-refractivity contribution in [3.8, 4) is 17.2 Å². The second kappa shape index (κ2) is 4.37. The van der Waals surface area contributed by atoms with E-state index in [-0.39, 0.29) is 5.75 Å². The molecule has 0 radical (unpaired) electrons. The molecule has 0 saturated carbocycles. The Bertz CT molecular complexity index is 299. The van der Waals surface area contributed by atoms with E-state index in [2.05, 4.69) is 15.9 Å². The first-order valence-corrected chi connectivity index (χ1v) is 4.67. The lowest BCUT2D eigenvalue weighted by atomic mass is 10.3. The van der Waals surface area contributed by atoms with Crippen LogP contribution < -0.4 is 9.47 Å². The minimum Gasteiger partial charge on any atom is -0.504 e. The van der Waals surface area contributed by atoms with Crippen LogP contribution in [0.5, 0.6) is 17.2 Å². The van der Waals surface area contributed by atoms with Gasteiger partial charge in [-0.2, -0.15) is 0 Å². The first-order valence-electron chi connectivity index (χ1n) is 3.88. The lowest BCUT2D eigenvalue weighted by Gasteiger charge is -2.10. The van der Waals surface area contributed by atoms with Gasteiger partial charge in [0.15, 0.2) is 11.5 Å². The number of benzene rings is 1. The van der Waals surface area contributed by atoms with Gasteiger partial charge >= 0.3 is 0 Å². The highest BCUT2D eigenvalue weighted by atomic mass is 79.9. The molecule has 0 atom stereocenters. The van der Waals surface area contributed by atoms with Crippen molar-refractivity contribution in [3.63, 3.8) is 0 Å². The maximum Gasteiger partial charge on any atom is 0.203 e. The molecule has 0 aliphatic heterocycles. The van der Waals surface area contributed by atoms with Crippen molar-refractivity contribution in [2.24, 2.45) is 0 Å². The van der Waals surface area contributed by atoms with Gasteiger partial charge in [-0.15, -0.1) is 0 Å². The number of phenols is 1. The molecule has 13 heavy (non-hydrogen) atoms. The maximum absolute atomic E-state index is 9.46. The summed E-state index contributed by atoms with van der Waals surface area (Å²) in [6.07, 6.45) is 0. The number of halogens is 1. The van der Waals surface area contributed by atoms with Gasteiger partial charge in [-0.1, -0.05) is 15.9 Å². The quantitative estimate of drug-likeness (QED) is 0.892. The van der Waals surface area contributed by atoms with E-state index in [4.69, 9.17) is 9.47 Å². The number of hydrogen-bond donors (Lipinski definition) is 1. The summed E-state index contributed by atoms with van der Waals surface area (Å²) in [4.78, 5) is 0. The molecule has 3 nitrogen and oxygen atoms in total. The second-order valence-electron chi connectivity index (χ2n) is 2.39. The summed E-state index contributed by atoms with van der Waals surface area (Å²) in [6, 6.07) is 3.31. The first-order chi connectivity index (χ1) is 6.19.